The molecule has 7 heteroatoms. The van der Waals surface area contributed by atoms with Gasteiger partial charge < -0.3 is 15.0 Å². The lowest BCUT2D eigenvalue weighted by Crippen LogP contribution is -2.37. The Labute approximate surface area is 128 Å². The maximum atomic E-state index is 5.87. The number of morpholine rings is 1. The molecule has 0 spiro atoms. The highest BCUT2D eigenvalue weighted by Gasteiger charge is 2.14. The highest BCUT2D eigenvalue weighted by Crippen LogP contribution is 2.13. The van der Waals surface area contributed by atoms with Crippen LogP contribution >= 0.6 is 11.6 Å². The van der Waals surface area contributed by atoms with Gasteiger partial charge in [-0.15, -0.1) is 5.10 Å². The van der Waals surface area contributed by atoms with Crippen LogP contribution in [0.15, 0.2) is 30.5 Å². The van der Waals surface area contributed by atoms with Gasteiger partial charge in [-0.1, -0.05) is 23.7 Å². The summed E-state index contributed by atoms with van der Waals surface area (Å²) in [5.41, 5.74) is 1.13. The number of hydrogen-bond acceptors (Lipinski definition) is 6. The molecule has 21 heavy (non-hydrogen) atoms. The monoisotopic (exact) mass is 305 g/mol. The average Bonchev–Trinajstić information content (AvgIpc) is 2.55. The van der Waals surface area contributed by atoms with Crippen LogP contribution in [-0.4, -0.2) is 41.5 Å². The molecule has 110 valence electrons. The number of anilines is 2. The number of nitrogens with one attached hydrogen (secondary N) is 1. The van der Waals surface area contributed by atoms with Crippen LogP contribution in [0.4, 0.5) is 11.8 Å². The first-order chi connectivity index (χ1) is 10.3. The Morgan fingerprint density at radius 1 is 1.19 bits per heavy atom. The zero-order valence-corrected chi connectivity index (χ0v) is 12.3. The van der Waals surface area contributed by atoms with Gasteiger partial charge in [-0.25, -0.2) is 0 Å². The smallest absolute Gasteiger partial charge is 0.247 e. The summed E-state index contributed by atoms with van der Waals surface area (Å²) >= 11 is 5.87. The maximum absolute atomic E-state index is 5.87. The Balaban J connectivity index is 1.64. The fourth-order valence-electron chi connectivity index (χ4n) is 2.07. The van der Waals surface area contributed by atoms with E-state index in [-0.39, 0.29) is 0 Å². The molecule has 1 aliphatic heterocycles. The number of aromatic nitrogens is 3. The first-order valence-corrected chi connectivity index (χ1v) is 7.20. The second-order valence-corrected chi connectivity index (χ2v) is 5.16. The van der Waals surface area contributed by atoms with Crippen molar-refractivity contribution < 1.29 is 4.74 Å². The van der Waals surface area contributed by atoms with Gasteiger partial charge >= 0.3 is 0 Å². The predicted octanol–water partition coefficient (Wildman–Crippen LogP) is 1.97. The van der Waals surface area contributed by atoms with Crippen molar-refractivity contribution in [1.82, 2.24) is 15.2 Å². The lowest BCUT2D eigenvalue weighted by atomic mass is 10.2. The fraction of sp³-hybridized carbons (Fsp3) is 0.357. The number of halogens is 1. The molecule has 0 saturated carbocycles. The van der Waals surface area contributed by atoms with Crippen LogP contribution in [0.25, 0.3) is 0 Å². The van der Waals surface area contributed by atoms with Crippen molar-refractivity contribution >= 4 is 23.4 Å². The van der Waals surface area contributed by atoms with Crippen molar-refractivity contribution in [2.24, 2.45) is 0 Å². The first-order valence-electron chi connectivity index (χ1n) is 6.82. The molecule has 1 N–H and O–H groups in total. The van der Waals surface area contributed by atoms with E-state index < -0.39 is 0 Å². The van der Waals surface area contributed by atoms with Crippen molar-refractivity contribution in [1.29, 1.82) is 0 Å². The minimum absolute atomic E-state index is 0.638. The molecule has 0 aliphatic carbocycles. The van der Waals surface area contributed by atoms with Crippen LogP contribution in [0.1, 0.15) is 5.56 Å². The second-order valence-electron chi connectivity index (χ2n) is 4.72. The van der Waals surface area contributed by atoms with Crippen LogP contribution < -0.4 is 10.2 Å². The molecule has 0 atom stereocenters. The summed E-state index contributed by atoms with van der Waals surface area (Å²) in [5.74, 6) is 1.35. The molecule has 0 unspecified atom stereocenters. The van der Waals surface area contributed by atoms with Gasteiger partial charge in [0, 0.05) is 24.7 Å². The van der Waals surface area contributed by atoms with Gasteiger partial charge in [0.2, 0.25) is 5.95 Å². The Morgan fingerprint density at radius 2 is 1.95 bits per heavy atom. The molecule has 0 radical (unpaired) electrons. The molecule has 1 saturated heterocycles. The molecule has 1 fully saturated rings. The Kier molecular flexibility index (Phi) is 4.47. The molecule has 1 aromatic heterocycles. The number of hydrogen-bond donors (Lipinski definition) is 1. The van der Waals surface area contributed by atoms with E-state index in [2.05, 4.69) is 25.4 Å². The lowest BCUT2D eigenvalue weighted by molar-refractivity contribution is 0.122. The molecule has 1 aliphatic rings. The Bertz CT molecular complexity index is 586. The number of rotatable bonds is 4. The van der Waals surface area contributed by atoms with E-state index in [0.29, 0.717) is 31.5 Å². The molecule has 0 bridgehead atoms. The van der Waals surface area contributed by atoms with E-state index in [9.17, 15) is 0 Å². The SMILES string of the molecule is Clc1ccc(CNc2cnnc(N3CCOCC3)n2)cc1. The summed E-state index contributed by atoms with van der Waals surface area (Å²) in [6.45, 7) is 3.65. The van der Waals surface area contributed by atoms with Crippen LogP contribution in [0.3, 0.4) is 0 Å². The van der Waals surface area contributed by atoms with Crippen molar-refractivity contribution in [3.05, 3.63) is 41.0 Å². The van der Waals surface area contributed by atoms with Gasteiger partial charge in [0.05, 0.1) is 19.4 Å². The molecule has 3 rings (SSSR count). The van der Waals surface area contributed by atoms with E-state index in [1.807, 2.05) is 24.3 Å². The largest absolute Gasteiger partial charge is 0.378 e. The van der Waals surface area contributed by atoms with Crippen LogP contribution in [0, 0.1) is 0 Å². The van der Waals surface area contributed by atoms with Crippen molar-refractivity contribution in [2.75, 3.05) is 36.5 Å². The third-order valence-corrected chi connectivity index (χ3v) is 3.48. The summed E-state index contributed by atoms with van der Waals surface area (Å²) in [7, 11) is 0. The third-order valence-electron chi connectivity index (χ3n) is 3.23. The summed E-state index contributed by atoms with van der Waals surface area (Å²) in [5, 5.41) is 12.1. The highest BCUT2D eigenvalue weighted by molar-refractivity contribution is 6.30. The number of benzene rings is 1. The van der Waals surface area contributed by atoms with E-state index in [1.165, 1.54) is 0 Å². The molecule has 1 aromatic carbocycles. The zero-order valence-electron chi connectivity index (χ0n) is 11.5. The highest BCUT2D eigenvalue weighted by atomic mass is 35.5. The predicted molar refractivity (Wildman–Crippen MR) is 81.6 cm³/mol. The summed E-state index contributed by atoms with van der Waals surface area (Å²) < 4.78 is 5.32. The molecule has 2 heterocycles. The molecular formula is C14H16ClN5O. The minimum atomic E-state index is 0.638. The number of nitrogens with zero attached hydrogens (tertiary/aromatic N) is 4. The van der Waals surface area contributed by atoms with E-state index in [4.69, 9.17) is 16.3 Å². The normalized spacial score (nSPS) is 15.0. The van der Waals surface area contributed by atoms with Gasteiger partial charge in [-0.2, -0.15) is 10.1 Å². The fourth-order valence-corrected chi connectivity index (χ4v) is 2.20. The zero-order chi connectivity index (χ0) is 14.5. The van der Waals surface area contributed by atoms with E-state index in [0.717, 1.165) is 23.7 Å². The average molecular weight is 306 g/mol. The Hall–Kier alpha value is -1.92. The standard InChI is InChI=1S/C14H16ClN5O/c15-12-3-1-11(2-4-12)9-16-13-10-17-19-14(18-13)20-5-7-21-8-6-20/h1-4,10H,5-9H2,(H,16,18,19). The van der Waals surface area contributed by atoms with Gasteiger partial charge in [0.25, 0.3) is 0 Å². The summed E-state index contributed by atoms with van der Waals surface area (Å²) in [6, 6.07) is 7.70. The molecular weight excluding hydrogens is 290 g/mol. The minimum Gasteiger partial charge on any atom is -0.378 e. The molecule has 2 aromatic rings. The quantitative estimate of drug-likeness (QED) is 0.932. The van der Waals surface area contributed by atoms with Crippen LogP contribution in [0.5, 0.6) is 0 Å². The van der Waals surface area contributed by atoms with Gasteiger partial charge in [-0.3, -0.25) is 0 Å². The third kappa shape index (κ3) is 3.80. The van der Waals surface area contributed by atoms with E-state index in [1.54, 1.807) is 6.20 Å². The second kappa shape index (κ2) is 6.69. The maximum Gasteiger partial charge on any atom is 0.247 e. The van der Waals surface area contributed by atoms with Gasteiger partial charge in [0.1, 0.15) is 0 Å². The van der Waals surface area contributed by atoms with Crippen LogP contribution in [0.2, 0.25) is 5.02 Å². The topological polar surface area (TPSA) is 63.2 Å². The summed E-state index contributed by atoms with van der Waals surface area (Å²) in [4.78, 5) is 6.56. The molecule has 0 amide bonds. The van der Waals surface area contributed by atoms with Gasteiger partial charge in [-0.05, 0) is 17.7 Å². The summed E-state index contributed by atoms with van der Waals surface area (Å²) in [6.07, 6.45) is 1.62. The van der Waals surface area contributed by atoms with Gasteiger partial charge in [0.15, 0.2) is 5.82 Å². The number of ether oxygens (including phenoxy) is 1. The van der Waals surface area contributed by atoms with E-state index >= 15 is 0 Å². The van der Waals surface area contributed by atoms with Crippen molar-refractivity contribution in [3.63, 3.8) is 0 Å². The van der Waals surface area contributed by atoms with Crippen molar-refractivity contribution in [3.8, 4) is 0 Å². The first kappa shape index (κ1) is 14.0. The van der Waals surface area contributed by atoms with Crippen LogP contribution in [-0.2, 0) is 11.3 Å². The Morgan fingerprint density at radius 3 is 2.71 bits per heavy atom. The molecule has 6 nitrogen and oxygen atoms in total. The van der Waals surface area contributed by atoms with Crippen molar-refractivity contribution in [2.45, 2.75) is 6.54 Å². The lowest BCUT2D eigenvalue weighted by Gasteiger charge is -2.26.